The van der Waals surface area contributed by atoms with E-state index in [0.29, 0.717) is 35.7 Å². The largest absolute Gasteiger partial charge is 0.353 e. The number of thioether (sulfide) groups is 1. The van der Waals surface area contributed by atoms with Crippen LogP contribution in [0.5, 0.6) is 0 Å². The predicted octanol–water partition coefficient (Wildman–Crippen LogP) is 3.73. The van der Waals surface area contributed by atoms with Gasteiger partial charge >= 0.3 is 0 Å². The minimum atomic E-state index is -3.64. The number of sulfonamides is 1. The molecule has 0 aliphatic carbocycles. The van der Waals surface area contributed by atoms with Gasteiger partial charge in [-0.3, -0.25) is 9.10 Å². The molecule has 2 aromatic carbocycles. The molecule has 1 N–H and O–H groups in total. The van der Waals surface area contributed by atoms with Crippen LogP contribution in [0.4, 0.5) is 10.1 Å². The van der Waals surface area contributed by atoms with Gasteiger partial charge in [0, 0.05) is 18.1 Å². The van der Waals surface area contributed by atoms with Gasteiger partial charge < -0.3 is 5.32 Å². The zero-order valence-corrected chi connectivity index (χ0v) is 18.5. The fraction of sp³-hybridized carbons (Fsp3) is 0.381. The first-order chi connectivity index (χ1) is 13.7. The third-order valence-electron chi connectivity index (χ3n) is 4.38. The molecule has 0 aromatic heterocycles. The summed E-state index contributed by atoms with van der Waals surface area (Å²) in [4.78, 5) is 12.7. The number of carbonyl (C=O) groups is 1. The fourth-order valence-electron chi connectivity index (χ4n) is 2.91. The summed E-state index contributed by atoms with van der Waals surface area (Å²) in [6.07, 6.45) is 1.45. The van der Waals surface area contributed by atoms with E-state index in [1.807, 2.05) is 19.1 Å². The van der Waals surface area contributed by atoms with Crippen molar-refractivity contribution < 1.29 is 17.6 Å². The molecule has 0 aliphatic rings. The van der Waals surface area contributed by atoms with Gasteiger partial charge in [-0.2, -0.15) is 11.8 Å². The summed E-state index contributed by atoms with van der Waals surface area (Å²) in [6, 6.07) is 12.8. The van der Waals surface area contributed by atoms with Gasteiger partial charge in [0.15, 0.2) is 0 Å². The highest BCUT2D eigenvalue weighted by molar-refractivity contribution is 7.98. The summed E-state index contributed by atoms with van der Waals surface area (Å²) in [5.41, 5.74) is 2.10. The number of rotatable bonds is 10. The van der Waals surface area contributed by atoms with Crippen molar-refractivity contribution in [3.8, 4) is 0 Å². The van der Waals surface area contributed by atoms with Gasteiger partial charge in [0.1, 0.15) is 11.9 Å². The molecular formula is C21H27FN2O3S2. The smallest absolute Gasteiger partial charge is 0.243 e. The van der Waals surface area contributed by atoms with Gasteiger partial charge in [0.2, 0.25) is 15.9 Å². The second-order valence-corrected chi connectivity index (χ2v) is 9.72. The van der Waals surface area contributed by atoms with Gasteiger partial charge in [0.25, 0.3) is 0 Å². The molecule has 29 heavy (non-hydrogen) atoms. The van der Waals surface area contributed by atoms with Crippen molar-refractivity contribution in [1.82, 2.24) is 5.32 Å². The zero-order valence-electron chi connectivity index (χ0n) is 16.9. The van der Waals surface area contributed by atoms with Crippen LogP contribution in [0, 0.1) is 12.7 Å². The minimum Gasteiger partial charge on any atom is -0.353 e. The van der Waals surface area contributed by atoms with E-state index in [2.05, 4.69) is 5.32 Å². The number of carbonyl (C=O) groups excluding carboxylic acids is 1. The van der Waals surface area contributed by atoms with Gasteiger partial charge in [-0.15, -0.1) is 0 Å². The Balaban J connectivity index is 1.97. The average molecular weight is 439 g/mol. The van der Waals surface area contributed by atoms with Crippen LogP contribution in [0.3, 0.4) is 0 Å². The molecule has 1 unspecified atom stereocenters. The number of hydrogen-bond donors (Lipinski definition) is 1. The van der Waals surface area contributed by atoms with Gasteiger partial charge in [-0.05, 0) is 37.1 Å². The highest BCUT2D eigenvalue weighted by Crippen LogP contribution is 2.23. The third-order valence-corrected chi connectivity index (χ3v) is 6.57. The molecule has 2 rings (SSSR count). The maximum Gasteiger partial charge on any atom is 0.243 e. The Labute approximate surface area is 176 Å². The van der Waals surface area contributed by atoms with Crippen LogP contribution < -0.4 is 9.62 Å². The summed E-state index contributed by atoms with van der Waals surface area (Å²) in [6.45, 7) is 4.07. The number of halogens is 1. The lowest BCUT2D eigenvalue weighted by Gasteiger charge is -2.30. The van der Waals surface area contributed by atoms with E-state index >= 15 is 0 Å². The Bertz CT molecular complexity index is 918. The van der Waals surface area contributed by atoms with E-state index in [1.54, 1.807) is 37.3 Å². The molecule has 0 saturated carbocycles. The first-order valence-corrected chi connectivity index (χ1v) is 12.4. The molecule has 8 heteroatoms. The maximum atomic E-state index is 13.6. The van der Waals surface area contributed by atoms with Gasteiger partial charge in [0.05, 0.1) is 11.9 Å². The predicted molar refractivity (Wildman–Crippen MR) is 118 cm³/mol. The Morgan fingerprint density at radius 2 is 1.83 bits per heavy atom. The normalized spacial score (nSPS) is 12.4. The highest BCUT2D eigenvalue weighted by Gasteiger charge is 2.31. The van der Waals surface area contributed by atoms with Crippen molar-refractivity contribution in [3.63, 3.8) is 0 Å². The van der Waals surface area contributed by atoms with Crippen molar-refractivity contribution in [3.05, 3.63) is 65.5 Å². The van der Waals surface area contributed by atoms with Crippen molar-refractivity contribution in [2.75, 3.05) is 22.9 Å². The van der Waals surface area contributed by atoms with Crippen molar-refractivity contribution >= 4 is 33.4 Å². The number of amides is 1. The van der Waals surface area contributed by atoms with E-state index in [4.69, 9.17) is 0 Å². The molecule has 0 fully saturated rings. The molecule has 0 bridgehead atoms. The van der Waals surface area contributed by atoms with Gasteiger partial charge in [-0.25, -0.2) is 12.8 Å². The van der Waals surface area contributed by atoms with Crippen molar-refractivity contribution in [2.45, 2.75) is 32.1 Å². The lowest BCUT2D eigenvalue weighted by molar-refractivity contribution is -0.122. The Hall–Kier alpha value is -2.06. The first-order valence-electron chi connectivity index (χ1n) is 9.39. The number of aryl methyl sites for hydroxylation is 1. The lowest BCUT2D eigenvalue weighted by Crippen LogP contribution is -2.49. The minimum absolute atomic E-state index is 0.239. The van der Waals surface area contributed by atoms with Crippen LogP contribution in [-0.4, -0.2) is 38.9 Å². The number of hydrogen-bond acceptors (Lipinski definition) is 4. The molecule has 158 valence electrons. The van der Waals surface area contributed by atoms with E-state index < -0.39 is 16.1 Å². The molecule has 1 atom stereocenters. The third kappa shape index (κ3) is 6.75. The van der Waals surface area contributed by atoms with E-state index in [0.717, 1.165) is 11.8 Å². The topological polar surface area (TPSA) is 66.5 Å². The number of nitrogens with zero attached hydrogens (tertiary/aromatic N) is 1. The summed E-state index contributed by atoms with van der Waals surface area (Å²) in [5.74, 6) is 0.528. The van der Waals surface area contributed by atoms with Crippen LogP contribution in [0.2, 0.25) is 0 Å². The number of nitrogens with one attached hydrogen (secondary N) is 1. The van der Waals surface area contributed by atoms with Crippen LogP contribution >= 0.6 is 11.8 Å². The summed E-state index contributed by atoms with van der Waals surface area (Å²) >= 11 is 1.51. The second-order valence-electron chi connectivity index (χ2n) is 6.75. The number of anilines is 1. The highest BCUT2D eigenvalue weighted by atomic mass is 32.2. The molecule has 0 radical (unpaired) electrons. The van der Waals surface area contributed by atoms with E-state index in [-0.39, 0.29) is 11.7 Å². The Morgan fingerprint density at radius 1 is 1.17 bits per heavy atom. The summed E-state index contributed by atoms with van der Waals surface area (Å²) in [7, 11) is -3.64. The first kappa shape index (κ1) is 23.2. The summed E-state index contributed by atoms with van der Waals surface area (Å²) in [5, 5.41) is 2.81. The van der Waals surface area contributed by atoms with Crippen molar-refractivity contribution in [2.24, 2.45) is 0 Å². The fourth-order valence-corrected chi connectivity index (χ4v) is 4.97. The molecule has 0 heterocycles. The van der Waals surface area contributed by atoms with Gasteiger partial charge in [-0.1, -0.05) is 42.8 Å². The molecule has 1 amide bonds. The zero-order chi connectivity index (χ0) is 21.4. The summed E-state index contributed by atoms with van der Waals surface area (Å²) < 4.78 is 39.6. The average Bonchev–Trinajstić information content (AvgIpc) is 2.67. The molecule has 0 spiro atoms. The van der Waals surface area contributed by atoms with Crippen LogP contribution in [0.1, 0.15) is 24.5 Å². The quantitative estimate of drug-likeness (QED) is 0.574. The molecular weight excluding hydrogens is 411 g/mol. The van der Waals surface area contributed by atoms with Crippen molar-refractivity contribution in [1.29, 1.82) is 0 Å². The molecule has 0 aliphatic heterocycles. The number of benzene rings is 2. The molecule has 2 aromatic rings. The second kappa shape index (κ2) is 10.6. The standard InChI is InChI=1S/C21H27FN2O3S2/c1-4-20(24(29(3,26)27)18-11-9-16(2)10-12-18)21(25)23-13-14-28-15-17-7-5-6-8-19(17)22/h5-12,20H,4,13-15H2,1-3H3,(H,23,25). The SMILES string of the molecule is CCC(C(=O)NCCSCc1ccccc1F)N(c1ccc(C)cc1)S(C)(=O)=O. The van der Waals surface area contributed by atoms with E-state index in [9.17, 15) is 17.6 Å². The molecule has 0 saturated heterocycles. The lowest BCUT2D eigenvalue weighted by atomic mass is 10.1. The van der Waals surface area contributed by atoms with Crippen LogP contribution in [0.15, 0.2) is 48.5 Å². The van der Waals surface area contributed by atoms with Crippen LogP contribution in [-0.2, 0) is 20.6 Å². The monoisotopic (exact) mass is 438 g/mol. The van der Waals surface area contributed by atoms with Crippen LogP contribution in [0.25, 0.3) is 0 Å². The maximum absolute atomic E-state index is 13.6. The molecule has 5 nitrogen and oxygen atoms in total. The Morgan fingerprint density at radius 3 is 2.41 bits per heavy atom. The Kier molecular flexibility index (Phi) is 8.52. The van der Waals surface area contributed by atoms with E-state index in [1.165, 1.54) is 22.1 Å².